The summed E-state index contributed by atoms with van der Waals surface area (Å²) in [5.41, 5.74) is 3.96. The van der Waals surface area contributed by atoms with E-state index in [0.717, 1.165) is 29.2 Å². The fourth-order valence-corrected chi connectivity index (χ4v) is 2.57. The summed E-state index contributed by atoms with van der Waals surface area (Å²) in [4.78, 5) is 14.5. The Bertz CT molecular complexity index is 641. The number of carbonyl (C=O) groups is 1. The molecule has 3 nitrogen and oxygen atoms in total. The Morgan fingerprint density at radius 2 is 1.95 bits per heavy atom. The monoisotopic (exact) mass is 282 g/mol. The molecule has 0 unspecified atom stereocenters. The smallest absolute Gasteiger partial charge is 0.183 e. The van der Waals surface area contributed by atoms with Crippen molar-refractivity contribution < 1.29 is 4.79 Å². The van der Waals surface area contributed by atoms with Crippen LogP contribution in [-0.4, -0.2) is 23.9 Å². The Morgan fingerprint density at radius 1 is 1.29 bits per heavy atom. The van der Waals surface area contributed by atoms with Crippen molar-refractivity contribution in [3.8, 4) is 0 Å². The molecular weight excluding hydrogens is 260 g/mol. The van der Waals surface area contributed by atoms with Gasteiger partial charge in [0, 0.05) is 36.2 Å². The molecule has 0 aliphatic heterocycles. The SMILES string of the molecule is C=CCn1c(C)cc(C(=O)CN(C)c2ccccc2)c1C. The van der Waals surface area contributed by atoms with E-state index in [4.69, 9.17) is 0 Å². The fourth-order valence-electron chi connectivity index (χ4n) is 2.57. The third kappa shape index (κ3) is 3.24. The summed E-state index contributed by atoms with van der Waals surface area (Å²) >= 11 is 0. The number of carbonyl (C=O) groups excluding carboxylic acids is 1. The van der Waals surface area contributed by atoms with E-state index >= 15 is 0 Å². The highest BCUT2D eigenvalue weighted by atomic mass is 16.1. The average Bonchev–Trinajstić information content (AvgIpc) is 2.76. The first-order valence-electron chi connectivity index (χ1n) is 7.11. The third-order valence-corrected chi connectivity index (χ3v) is 3.76. The number of hydrogen-bond donors (Lipinski definition) is 0. The standard InChI is InChI=1S/C18H22N2O/c1-5-11-20-14(2)12-17(15(20)3)18(21)13-19(4)16-9-7-6-8-10-16/h5-10,12H,1,11,13H2,2-4H3. The number of para-hydroxylation sites is 1. The van der Waals surface area contributed by atoms with Gasteiger partial charge in [-0.2, -0.15) is 0 Å². The molecule has 1 heterocycles. The van der Waals surface area contributed by atoms with E-state index in [1.165, 1.54) is 0 Å². The Balaban J connectivity index is 2.17. The maximum atomic E-state index is 12.5. The predicted octanol–water partition coefficient (Wildman–Crippen LogP) is 3.61. The second-order valence-electron chi connectivity index (χ2n) is 5.30. The summed E-state index contributed by atoms with van der Waals surface area (Å²) in [7, 11) is 1.94. The molecule has 1 aromatic heterocycles. The fraction of sp³-hybridized carbons (Fsp3) is 0.278. The van der Waals surface area contributed by atoms with Crippen LogP contribution in [-0.2, 0) is 6.54 Å². The van der Waals surface area contributed by atoms with E-state index in [0.29, 0.717) is 6.54 Å². The van der Waals surface area contributed by atoms with Gasteiger partial charge in [-0.05, 0) is 32.0 Å². The quantitative estimate of drug-likeness (QED) is 0.597. The van der Waals surface area contributed by atoms with Crippen LogP contribution in [0.15, 0.2) is 49.1 Å². The molecular formula is C18H22N2O. The second-order valence-corrected chi connectivity index (χ2v) is 5.30. The number of anilines is 1. The van der Waals surface area contributed by atoms with Gasteiger partial charge in [-0.25, -0.2) is 0 Å². The first-order valence-corrected chi connectivity index (χ1v) is 7.11. The van der Waals surface area contributed by atoms with Gasteiger partial charge in [0.15, 0.2) is 5.78 Å². The molecule has 0 atom stereocenters. The summed E-state index contributed by atoms with van der Waals surface area (Å²) in [5.74, 6) is 0.143. The summed E-state index contributed by atoms with van der Waals surface area (Å²) in [6.45, 7) is 8.89. The molecule has 110 valence electrons. The van der Waals surface area contributed by atoms with Crippen molar-refractivity contribution in [1.29, 1.82) is 0 Å². The molecule has 0 N–H and O–H groups in total. The summed E-state index contributed by atoms with van der Waals surface area (Å²) in [6.07, 6.45) is 1.85. The first-order chi connectivity index (χ1) is 10.0. The minimum atomic E-state index is 0.143. The van der Waals surface area contributed by atoms with Crippen molar-refractivity contribution >= 4 is 11.5 Å². The van der Waals surface area contributed by atoms with Gasteiger partial charge in [0.05, 0.1) is 6.54 Å². The predicted molar refractivity (Wildman–Crippen MR) is 88.1 cm³/mol. The molecule has 0 saturated heterocycles. The van der Waals surface area contributed by atoms with Gasteiger partial charge < -0.3 is 9.47 Å². The number of benzene rings is 1. The lowest BCUT2D eigenvalue weighted by Crippen LogP contribution is -2.25. The van der Waals surface area contributed by atoms with Crippen molar-refractivity contribution in [3.63, 3.8) is 0 Å². The normalized spacial score (nSPS) is 10.4. The molecule has 0 amide bonds. The number of aromatic nitrogens is 1. The van der Waals surface area contributed by atoms with Crippen LogP contribution in [0.3, 0.4) is 0 Å². The van der Waals surface area contributed by atoms with E-state index < -0.39 is 0 Å². The van der Waals surface area contributed by atoms with Crippen LogP contribution in [0, 0.1) is 13.8 Å². The minimum absolute atomic E-state index is 0.143. The molecule has 0 saturated carbocycles. The molecule has 3 heteroatoms. The molecule has 21 heavy (non-hydrogen) atoms. The third-order valence-electron chi connectivity index (χ3n) is 3.76. The zero-order chi connectivity index (χ0) is 15.4. The van der Waals surface area contributed by atoms with Gasteiger partial charge in [0.2, 0.25) is 0 Å². The summed E-state index contributed by atoms with van der Waals surface area (Å²) in [5, 5.41) is 0. The van der Waals surface area contributed by atoms with Gasteiger partial charge in [-0.1, -0.05) is 24.3 Å². The lowest BCUT2D eigenvalue weighted by Gasteiger charge is -2.18. The lowest BCUT2D eigenvalue weighted by molar-refractivity contribution is 0.0999. The van der Waals surface area contributed by atoms with E-state index in [1.54, 1.807) is 0 Å². The van der Waals surface area contributed by atoms with Crippen LogP contribution in [0.1, 0.15) is 21.7 Å². The van der Waals surface area contributed by atoms with E-state index in [-0.39, 0.29) is 5.78 Å². The Labute approximate surface area is 126 Å². The van der Waals surface area contributed by atoms with Gasteiger partial charge >= 0.3 is 0 Å². The van der Waals surface area contributed by atoms with E-state index in [1.807, 2.05) is 68.3 Å². The number of Topliss-reactive ketones (excluding diaryl/α,β-unsaturated/α-hetero) is 1. The number of hydrogen-bond acceptors (Lipinski definition) is 2. The van der Waals surface area contributed by atoms with Crippen LogP contribution >= 0.6 is 0 Å². The van der Waals surface area contributed by atoms with Crippen LogP contribution in [0.5, 0.6) is 0 Å². The van der Waals surface area contributed by atoms with Crippen molar-refractivity contribution in [2.24, 2.45) is 0 Å². The number of ketones is 1. The van der Waals surface area contributed by atoms with E-state index in [9.17, 15) is 4.79 Å². The van der Waals surface area contributed by atoms with Crippen LogP contribution < -0.4 is 4.90 Å². The number of aryl methyl sites for hydroxylation is 1. The maximum Gasteiger partial charge on any atom is 0.183 e. The van der Waals surface area contributed by atoms with Gasteiger partial charge in [-0.3, -0.25) is 4.79 Å². The van der Waals surface area contributed by atoms with Crippen LogP contribution in [0.2, 0.25) is 0 Å². The summed E-state index contributed by atoms with van der Waals surface area (Å²) in [6, 6.07) is 11.9. The number of likely N-dealkylation sites (N-methyl/N-ethyl adjacent to an activating group) is 1. The molecule has 0 radical (unpaired) electrons. The molecule has 1 aromatic carbocycles. The average molecular weight is 282 g/mol. The second kappa shape index (κ2) is 6.44. The van der Waals surface area contributed by atoms with Crippen molar-refractivity contribution in [2.45, 2.75) is 20.4 Å². The first kappa shape index (κ1) is 15.1. The maximum absolute atomic E-state index is 12.5. The van der Waals surface area contributed by atoms with Crippen LogP contribution in [0.4, 0.5) is 5.69 Å². The van der Waals surface area contributed by atoms with Gasteiger partial charge in [0.1, 0.15) is 0 Å². The molecule has 0 bridgehead atoms. The number of allylic oxidation sites excluding steroid dienone is 1. The highest BCUT2D eigenvalue weighted by Gasteiger charge is 2.16. The number of nitrogens with zero attached hydrogens (tertiary/aromatic N) is 2. The van der Waals surface area contributed by atoms with Gasteiger partial charge in [-0.15, -0.1) is 6.58 Å². The Hall–Kier alpha value is -2.29. The minimum Gasteiger partial charge on any atom is -0.367 e. The Kier molecular flexibility index (Phi) is 4.63. The topological polar surface area (TPSA) is 25.2 Å². The highest BCUT2D eigenvalue weighted by Crippen LogP contribution is 2.18. The Morgan fingerprint density at radius 3 is 2.57 bits per heavy atom. The van der Waals surface area contributed by atoms with Crippen molar-refractivity contribution in [1.82, 2.24) is 4.57 Å². The molecule has 0 aliphatic rings. The molecule has 2 rings (SSSR count). The van der Waals surface area contributed by atoms with E-state index in [2.05, 4.69) is 11.1 Å². The molecule has 0 aliphatic carbocycles. The van der Waals surface area contributed by atoms with Crippen molar-refractivity contribution in [2.75, 3.05) is 18.5 Å². The lowest BCUT2D eigenvalue weighted by atomic mass is 10.1. The molecule has 0 spiro atoms. The largest absolute Gasteiger partial charge is 0.367 e. The zero-order valence-electron chi connectivity index (χ0n) is 13.0. The molecule has 0 fully saturated rings. The zero-order valence-corrected chi connectivity index (χ0v) is 13.0. The molecule has 2 aromatic rings. The highest BCUT2D eigenvalue weighted by molar-refractivity contribution is 6.00. The van der Waals surface area contributed by atoms with Gasteiger partial charge in [0.25, 0.3) is 0 Å². The van der Waals surface area contributed by atoms with Crippen molar-refractivity contribution in [3.05, 3.63) is 66.0 Å². The number of rotatable bonds is 6. The summed E-state index contributed by atoms with van der Waals surface area (Å²) < 4.78 is 2.11. The van der Waals surface area contributed by atoms with Crippen LogP contribution in [0.25, 0.3) is 0 Å².